The van der Waals surface area contributed by atoms with Gasteiger partial charge in [0.05, 0.1) is 45.7 Å². The lowest BCUT2D eigenvalue weighted by Gasteiger charge is -2.51. The Morgan fingerprint density at radius 3 is 1.90 bits per heavy atom. The van der Waals surface area contributed by atoms with E-state index in [0.29, 0.717) is 25.7 Å². The van der Waals surface area contributed by atoms with Crippen molar-refractivity contribution in [1.82, 2.24) is 10.6 Å². The zero-order valence-electron chi connectivity index (χ0n) is 37.3. The van der Waals surface area contributed by atoms with Gasteiger partial charge in [0.1, 0.15) is 85.4 Å². The SMILES string of the molecule is COC(=O)CCCCCCCCOC1OC(CO)C(O[C@@H]2OC[C@H](O)C(O)C2O)[C@@H](OC2OC(CO)[C@@H](O)C(O[C@]3(C(=O)O)CC(O)[C@@H](NC(C)=O)C(C(O)C(O)CO)O3)C2O)C1NC(C)=O. The number of nitrogens with one attached hydrogen (secondary N) is 2. The number of hydrogen-bond donors (Lipinski definition) is 14. The van der Waals surface area contributed by atoms with Crippen LogP contribution in [0.1, 0.15) is 65.2 Å². The van der Waals surface area contributed by atoms with Crippen LogP contribution < -0.4 is 10.6 Å². The first kappa shape index (κ1) is 56.7. The minimum Gasteiger partial charge on any atom is -0.477 e. The number of hydrogen-bond acceptors (Lipinski definition) is 24. The normalized spacial score (nSPS) is 38.9. The summed E-state index contributed by atoms with van der Waals surface area (Å²) in [5.41, 5.74) is 0. The van der Waals surface area contributed by atoms with Crippen molar-refractivity contribution in [3.63, 3.8) is 0 Å². The number of carboxylic acid groups (broad SMARTS) is 1. The lowest BCUT2D eigenvalue weighted by atomic mass is 9.88. The number of amides is 2. The number of esters is 1. The predicted octanol–water partition coefficient (Wildman–Crippen LogP) is -6.69. The average molecular weight is 977 g/mol. The number of unbranched alkanes of at least 4 members (excludes halogenated alkanes) is 5. The minimum absolute atomic E-state index is 0.0159. The Hall–Kier alpha value is -2.88. The lowest BCUT2D eigenvalue weighted by molar-refractivity contribution is -0.388. The van der Waals surface area contributed by atoms with E-state index in [2.05, 4.69) is 15.4 Å². The summed E-state index contributed by atoms with van der Waals surface area (Å²) in [6.07, 6.45) is -28.7. The van der Waals surface area contributed by atoms with Gasteiger partial charge in [0.15, 0.2) is 18.9 Å². The Morgan fingerprint density at radius 1 is 0.701 bits per heavy atom. The van der Waals surface area contributed by atoms with Gasteiger partial charge in [-0.05, 0) is 12.8 Å². The molecule has 27 heteroatoms. The maximum atomic E-state index is 13.1. The van der Waals surface area contributed by atoms with Crippen molar-refractivity contribution in [1.29, 1.82) is 0 Å². The van der Waals surface area contributed by atoms with Crippen LogP contribution in [0.4, 0.5) is 0 Å². The number of ether oxygens (including phenoxy) is 9. The van der Waals surface area contributed by atoms with Gasteiger partial charge in [0, 0.05) is 33.3 Å². The summed E-state index contributed by atoms with van der Waals surface area (Å²) in [5, 5.41) is 133. The maximum Gasteiger partial charge on any atom is 0.364 e. The molecule has 2 amide bonds. The molecule has 0 aliphatic carbocycles. The van der Waals surface area contributed by atoms with Gasteiger partial charge < -0.3 is 115 Å². The van der Waals surface area contributed by atoms with E-state index in [4.69, 9.17) is 37.9 Å². The van der Waals surface area contributed by atoms with Gasteiger partial charge in [-0.1, -0.05) is 25.7 Å². The van der Waals surface area contributed by atoms with Crippen molar-refractivity contribution in [2.75, 3.05) is 40.1 Å². The van der Waals surface area contributed by atoms with E-state index < -0.39 is 173 Å². The molecule has 0 aromatic heterocycles. The van der Waals surface area contributed by atoms with Crippen LogP contribution in [0, 0.1) is 0 Å². The van der Waals surface area contributed by atoms with E-state index in [1.54, 1.807) is 0 Å². The molecule has 0 bridgehead atoms. The molecule has 14 N–H and O–H groups in total. The van der Waals surface area contributed by atoms with Crippen LogP contribution in [0.15, 0.2) is 0 Å². The first-order valence-electron chi connectivity index (χ1n) is 22.1. The highest BCUT2D eigenvalue weighted by Crippen LogP contribution is 2.39. The highest BCUT2D eigenvalue weighted by molar-refractivity contribution is 5.77. The number of carboxylic acids is 1. The molecule has 4 heterocycles. The molecule has 27 nitrogen and oxygen atoms in total. The summed E-state index contributed by atoms with van der Waals surface area (Å²) < 4.78 is 51.8. The van der Waals surface area contributed by atoms with Crippen molar-refractivity contribution in [3.05, 3.63) is 0 Å². The maximum absolute atomic E-state index is 13.1. The molecule has 20 atom stereocenters. The van der Waals surface area contributed by atoms with E-state index in [-0.39, 0.29) is 12.6 Å². The summed E-state index contributed by atoms with van der Waals surface area (Å²) in [7, 11) is 1.31. The second-order valence-electron chi connectivity index (χ2n) is 16.9. The van der Waals surface area contributed by atoms with Crippen molar-refractivity contribution < 1.29 is 123 Å². The topological polar surface area (TPSA) is 418 Å². The van der Waals surface area contributed by atoms with Gasteiger partial charge in [0.25, 0.3) is 5.79 Å². The number of rotatable bonds is 24. The first-order chi connectivity index (χ1) is 31.7. The number of aliphatic hydroxyl groups is 11. The number of aliphatic hydroxyl groups excluding tert-OH is 11. The van der Waals surface area contributed by atoms with Crippen molar-refractivity contribution >= 4 is 23.8 Å². The molecule has 4 aliphatic heterocycles. The molecule has 14 unspecified atom stereocenters. The van der Waals surface area contributed by atoms with Crippen LogP contribution in [0.25, 0.3) is 0 Å². The molecule has 4 fully saturated rings. The van der Waals surface area contributed by atoms with Gasteiger partial charge in [-0.3, -0.25) is 14.4 Å². The highest BCUT2D eigenvalue weighted by atomic mass is 16.8. The van der Waals surface area contributed by atoms with Crippen LogP contribution in [-0.4, -0.2) is 247 Å². The van der Waals surface area contributed by atoms with Crippen LogP contribution in [0.5, 0.6) is 0 Å². The molecule has 0 radical (unpaired) electrons. The van der Waals surface area contributed by atoms with Crippen LogP contribution in [0.3, 0.4) is 0 Å². The number of carbonyl (C=O) groups is 4. The van der Waals surface area contributed by atoms with E-state index in [1.807, 2.05) is 0 Å². The molecule has 0 aromatic carbocycles. The summed E-state index contributed by atoms with van der Waals surface area (Å²) in [5.74, 6) is -6.93. The third-order valence-corrected chi connectivity index (χ3v) is 11.9. The van der Waals surface area contributed by atoms with Gasteiger partial charge >= 0.3 is 11.9 Å². The molecular formula is C40H68N2O25. The molecule has 4 aliphatic rings. The molecule has 67 heavy (non-hydrogen) atoms. The van der Waals surface area contributed by atoms with Gasteiger partial charge in [0.2, 0.25) is 11.8 Å². The fourth-order valence-corrected chi connectivity index (χ4v) is 8.27. The fraction of sp³-hybridized carbons (Fsp3) is 0.900. The van der Waals surface area contributed by atoms with Crippen LogP contribution in [0.2, 0.25) is 0 Å². The molecule has 0 aromatic rings. The molecule has 4 saturated heterocycles. The quantitative estimate of drug-likeness (QED) is 0.0316. The summed E-state index contributed by atoms with van der Waals surface area (Å²) in [6, 6.07) is -3.08. The molecule has 0 saturated carbocycles. The van der Waals surface area contributed by atoms with Crippen LogP contribution in [-0.2, 0) is 61.8 Å². The fourth-order valence-electron chi connectivity index (χ4n) is 8.27. The predicted molar refractivity (Wildman–Crippen MR) is 216 cm³/mol. The largest absolute Gasteiger partial charge is 0.477 e. The van der Waals surface area contributed by atoms with Crippen molar-refractivity contribution in [3.8, 4) is 0 Å². The Labute approximate surface area is 384 Å². The monoisotopic (exact) mass is 976 g/mol. The molecule has 4 rings (SSSR count). The average Bonchev–Trinajstić information content (AvgIpc) is 3.29. The number of carbonyl (C=O) groups excluding carboxylic acids is 3. The Morgan fingerprint density at radius 2 is 1.30 bits per heavy atom. The first-order valence-corrected chi connectivity index (χ1v) is 22.1. The van der Waals surface area contributed by atoms with E-state index in [9.17, 15) is 80.5 Å². The number of methoxy groups -OCH3 is 1. The second kappa shape index (κ2) is 26.4. The van der Waals surface area contributed by atoms with Gasteiger partial charge in [-0.15, -0.1) is 0 Å². The Kier molecular flexibility index (Phi) is 22.3. The minimum atomic E-state index is -3.13. The molecular weight excluding hydrogens is 908 g/mol. The molecule has 388 valence electrons. The smallest absolute Gasteiger partial charge is 0.364 e. The van der Waals surface area contributed by atoms with E-state index in [1.165, 1.54) is 7.11 Å². The van der Waals surface area contributed by atoms with Gasteiger partial charge in [-0.25, -0.2) is 4.79 Å². The summed E-state index contributed by atoms with van der Waals surface area (Å²) >= 11 is 0. The zero-order chi connectivity index (χ0) is 49.7. The Balaban J connectivity index is 1.67. The number of aliphatic carboxylic acids is 1. The summed E-state index contributed by atoms with van der Waals surface area (Å²) in [6.45, 7) is -1.39. The van der Waals surface area contributed by atoms with E-state index >= 15 is 0 Å². The third-order valence-electron chi connectivity index (χ3n) is 11.9. The summed E-state index contributed by atoms with van der Waals surface area (Å²) in [4.78, 5) is 49.3. The third kappa shape index (κ3) is 14.6. The Bertz CT molecular complexity index is 1570. The molecule has 0 spiro atoms. The van der Waals surface area contributed by atoms with Crippen molar-refractivity contribution in [2.45, 2.75) is 187 Å². The van der Waals surface area contributed by atoms with E-state index in [0.717, 1.165) is 33.1 Å². The van der Waals surface area contributed by atoms with Gasteiger partial charge in [-0.2, -0.15) is 0 Å². The zero-order valence-corrected chi connectivity index (χ0v) is 37.3. The standard InChI is InChI=1S/C40H68N2O25/c1-17(46)41-25-19(48)12-40(39(57)58,66-33(25)28(53)20(49)13-43)67-35-29(54)22(14-44)62-38(31(35)56)65-34-26(42-18(2)47)36(60-11-9-7-5-4-6-8-10-24(51)59-3)63-23(15-45)32(34)64-37-30(55)27(52)21(50)16-61-37/h19-23,25-38,43-45,48-50,52-56H,4-16H2,1-3H3,(H,41,46)(H,42,47)(H,57,58)/t19?,20?,21-,22?,23?,25+,26?,27?,28?,29+,30?,31?,32?,33?,34-,35?,36?,37-,38?,40-/m0/s1. The lowest BCUT2D eigenvalue weighted by Crippen LogP contribution is -2.71. The van der Waals surface area contributed by atoms with Crippen LogP contribution >= 0.6 is 0 Å². The second-order valence-corrected chi connectivity index (χ2v) is 16.9. The van der Waals surface area contributed by atoms with Crippen molar-refractivity contribution in [2.24, 2.45) is 0 Å². The highest BCUT2D eigenvalue weighted by Gasteiger charge is 2.60.